The Hall–Kier alpha value is -0.570. The van der Waals surface area contributed by atoms with Crippen molar-refractivity contribution in [2.45, 2.75) is 44.1 Å². The summed E-state index contributed by atoms with van der Waals surface area (Å²) in [6, 6.07) is 4.96. The van der Waals surface area contributed by atoms with Crippen molar-refractivity contribution in [1.29, 1.82) is 0 Å². The molecule has 0 aliphatic heterocycles. The Bertz CT molecular complexity index is 453. The molecule has 1 fully saturated rings. The summed E-state index contributed by atoms with van der Waals surface area (Å²) in [7, 11) is 0. The van der Waals surface area contributed by atoms with Crippen molar-refractivity contribution < 1.29 is 4.79 Å². The van der Waals surface area contributed by atoms with Crippen LogP contribution in [0.4, 0.5) is 0 Å². The average Bonchev–Trinajstić information content (AvgIpc) is 2.32. The summed E-state index contributed by atoms with van der Waals surface area (Å²) < 4.78 is 0. The standard InChI is InChI=1S/C14H17Cl2NO/c15-10-4-5-12(16)11(8-10)13(18)9-14(17)6-2-1-3-7-14/h4-5,8H,1-3,6-7,9,17H2. The minimum atomic E-state index is -0.360. The van der Waals surface area contributed by atoms with Gasteiger partial charge in [-0.1, -0.05) is 42.5 Å². The maximum Gasteiger partial charge on any atom is 0.166 e. The first kappa shape index (κ1) is 13.9. The van der Waals surface area contributed by atoms with E-state index in [0.717, 1.165) is 25.7 Å². The first-order chi connectivity index (χ1) is 8.50. The van der Waals surface area contributed by atoms with Gasteiger partial charge in [-0.2, -0.15) is 0 Å². The first-order valence-corrected chi connectivity index (χ1v) is 7.03. The van der Waals surface area contributed by atoms with Crippen molar-refractivity contribution in [2.24, 2.45) is 5.73 Å². The quantitative estimate of drug-likeness (QED) is 0.845. The number of Topliss-reactive ketones (excluding diaryl/α,β-unsaturated/α-hetero) is 1. The van der Waals surface area contributed by atoms with Gasteiger partial charge in [0.15, 0.2) is 5.78 Å². The van der Waals surface area contributed by atoms with Crippen LogP contribution in [0.25, 0.3) is 0 Å². The lowest BCUT2D eigenvalue weighted by Gasteiger charge is -2.32. The Morgan fingerprint density at radius 1 is 1.22 bits per heavy atom. The number of hydrogen-bond donors (Lipinski definition) is 1. The third kappa shape index (κ3) is 3.25. The molecule has 0 saturated heterocycles. The number of halogens is 2. The molecule has 0 amide bonds. The van der Waals surface area contributed by atoms with E-state index in [-0.39, 0.29) is 11.3 Å². The summed E-state index contributed by atoms with van der Waals surface area (Å²) in [5.74, 6) is -0.00750. The zero-order valence-corrected chi connectivity index (χ0v) is 11.7. The molecule has 1 aliphatic rings. The summed E-state index contributed by atoms with van der Waals surface area (Å²) in [5.41, 5.74) is 6.41. The summed E-state index contributed by atoms with van der Waals surface area (Å²) in [6.07, 6.45) is 5.60. The van der Waals surface area contributed by atoms with Crippen LogP contribution in [-0.2, 0) is 0 Å². The lowest BCUT2D eigenvalue weighted by molar-refractivity contribution is 0.0935. The summed E-state index contributed by atoms with van der Waals surface area (Å²) in [5, 5.41) is 0.973. The molecule has 0 aromatic heterocycles. The Labute approximate surface area is 117 Å². The van der Waals surface area contributed by atoms with Crippen LogP contribution < -0.4 is 5.73 Å². The van der Waals surface area contributed by atoms with E-state index in [9.17, 15) is 4.79 Å². The van der Waals surface area contributed by atoms with Crippen LogP contribution in [0, 0.1) is 0 Å². The number of benzene rings is 1. The molecule has 0 spiro atoms. The molecule has 1 aromatic carbocycles. The smallest absolute Gasteiger partial charge is 0.166 e. The summed E-state index contributed by atoms with van der Waals surface area (Å²) in [4.78, 5) is 12.3. The van der Waals surface area contributed by atoms with Crippen LogP contribution in [0.3, 0.4) is 0 Å². The van der Waals surface area contributed by atoms with Crippen LogP contribution in [0.2, 0.25) is 10.0 Å². The van der Waals surface area contributed by atoms with Crippen molar-refractivity contribution in [2.75, 3.05) is 0 Å². The number of hydrogen-bond acceptors (Lipinski definition) is 2. The van der Waals surface area contributed by atoms with E-state index >= 15 is 0 Å². The van der Waals surface area contributed by atoms with E-state index in [1.165, 1.54) is 6.42 Å². The van der Waals surface area contributed by atoms with E-state index in [4.69, 9.17) is 28.9 Å². The Kier molecular flexibility index (Phi) is 4.31. The van der Waals surface area contributed by atoms with Crippen LogP contribution in [0.15, 0.2) is 18.2 Å². The van der Waals surface area contributed by atoms with Crippen LogP contribution in [0.1, 0.15) is 48.9 Å². The highest BCUT2D eigenvalue weighted by Gasteiger charge is 2.30. The molecule has 0 atom stereocenters. The molecule has 0 heterocycles. The Morgan fingerprint density at radius 3 is 2.56 bits per heavy atom. The van der Waals surface area contributed by atoms with E-state index in [2.05, 4.69) is 0 Å². The second-order valence-corrected chi connectivity index (χ2v) is 5.99. The molecule has 1 aliphatic carbocycles. The predicted octanol–water partition coefficient (Wildman–Crippen LogP) is 4.23. The Balaban J connectivity index is 2.14. The summed E-state index contributed by atoms with van der Waals surface area (Å²) in [6.45, 7) is 0. The van der Waals surface area contributed by atoms with E-state index in [1.54, 1.807) is 18.2 Å². The van der Waals surface area contributed by atoms with E-state index in [1.807, 2.05) is 0 Å². The number of carbonyl (C=O) groups is 1. The molecule has 0 radical (unpaired) electrons. The average molecular weight is 286 g/mol. The van der Waals surface area contributed by atoms with Gasteiger partial charge in [-0.15, -0.1) is 0 Å². The number of rotatable bonds is 3. The van der Waals surface area contributed by atoms with Gasteiger partial charge >= 0.3 is 0 Å². The highest BCUT2D eigenvalue weighted by atomic mass is 35.5. The largest absolute Gasteiger partial charge is 0.325 e. The molecular formula is C14H17Cl2NO. The highest BCUT2D eigenvalue weighted by molar-refractivity contribution is 6.35. The topological polar surface area (TPSA) is 43.1 Å². The lowest BCUT2D eigenvalue weighted by Crippen LogP contribution is -2.43. The molecule has 1 aromatic rings. The van der Waals surface area contributed by atoms with Gasteiger partial charge in [-0.25, -0.2) is 0 Å². The zero-order valence-electron chi connectivity index (χ0n) is 10.2. The van der Waals surface area contributed by atoms with Crippen molar-refractivity contribution >= 4 is 29.0 Å². The molecule has 4 heteroatoms. The fourth-order valence-electron chi connectivity index (χ4n) is 2.56. The second kappa shape index (κ2) is 5.60. The highest BCUT2D eigenvalue weighted by Crippen LogP contribution is 2.31. The first-order valence-electron chi connectivity index (χ1n) is 6.27. The second-order valence-electron chi connectivity index (χ2n) is 5.15. The fourth-order valence-corrected chi connectivity index (χ4v) is 2.95. The van der Waals surface area contributed by atoms with Gasteiger partial charge < -0.3 is 5.73 Å². The number of nitrogens with two attached hydrogens (primary N) is 1. The predicted molar refractivity (Wildman–Crippen MR) is 75.4 cm³/mol. The van der Waals surface area contributed by atoms with Gasteiger partial charge in [0.25, 0.3) is 0 Å². The molecular weight excluding hydrogens is 269 g/mol. The lowest BCUT2D eigenvalue weighted by atomic mass is 9.78. The fraction of sp³-hybridized carbons (Fsp3) is 0.500. The van der Waals surface area contributed by atoms with Crippen molar-refractivity contribution in [3.63, 3.8) is 0 Å². The van der Waals surface area contributed by atoms with Gasteiger partial charge in [0.05, 0.1) is 5.02 Å². The maximum absolute atomic E-state index is 12.3. The third-order valence-corrected chi connectivity index (χ3v) is 4.16. The molecule has 0 bridgehead atoms. The van der Waals surface area contributed by atoms with Gasteiger partial charge in [-0.3, -0.25) is 4.79 Å². The van der Waals surface area contributed by atoms with E-state index in [0.29, 0.717) is 22.0 Å². The SMILES string of the molecule is NC1(CC(=O)c2cc(Cl)ccc2Cl)CCCCC1. The maximum atomic E-state index is 12.3. The van der Waals surface area contributed by atoms with Crippen LogP contribution >= 0.6 is 23.2 Å². The van der Waals surface area contributed by atoms with Crippen molar-refractivity contribution in [1.82, 2.24) is 0 Å². The zero-order chi connectivity index (χ0) is 13.2. The minimum absolute atomic E-state index is 0.00750. The molecule has 2 nitrogen and oxygen atoms in total. The minimum Gasteiger partial charge on any atom is -0.325 e. The molecule has 1 saturated carbocycles. The molecule has 0 unspecified atom stereocenters. The molecule has 18 heavy (non-hydrogen) atoms. The Morgan fingerprint density at radius 2 is 1.89 bits per heavy atom. The number of ketones is 1. The van der Waals surface area contributed by atoms with Crippen LogP contribution in [-0.4, -0.2) is 11.3 Å². The van der Waals surface area contributed by atoms with Gasteiger partial charge in [0.1, 0.15) is 0 Å². The van der Waals surface area contributed by atoms with E-state index < -0.39 is 0 Å². The van der Waals surface area contributed by atoms with Gasteiger partial charge in [0.2, 0.25) is 0 Å². The van der Waals surface area contributed by atoms with Gasteiger partial charge in [-0.05, 0) is 31.0 Å². The monoisotopic (exact) mass is 285 g/mol. The molecule has 98 valence electrons. The molecule has 2 N–H and O–H groups in total. The normalized spacial score (nSPS) is 18.6. The van der Waals surface area contributed by atoms with Gasteiger partial charge in [0, 0.05) is 22.5 Å². The molecule has 2 rings (SSSR count). The van der Waals surface area contributed by atoms with Crippen molar-refractivity contribution in [3.8, 4) is 0 Å². The van der Waals surface area contributed by atoms with Crippen molar-refractivity contribution in [3.05, 3.63) is 33.8 Å². The third-order valence-electron chi connectivity index (χ3n) is 3.59. The van der Waals surface area contributed by atoms with Crippen LogP contribution in [0.5, 0.6) is 0 Å². The summed E-state index contributed by atoms with van der Waals surface area (Å²) >= 11 is 11.9. The number of carbonyl (C=O) groups excluding carboxylic acids is 1.